The van der Waals surface area contributed by atoms with E-state index in [1.165, 1.54) is 7.11 Å². The van der Waals surface area contributed by atoms with Crippen LogP contribution in [0.5, 0.6) is 5.88 Å². The van der Waals surface area contributed by atoms with Crippen molar-refractivity contribution in [1.82, 2.24) is 9.55 Å². The Kier molecular flexibility index (Phi) is 3.28. The minimum absolute atomic E-state index is 0.0753. The first-order valence-electron chi connectivity index (χ1n) is 5.03. The molecule has 0 aliphatic carbocycles. The third-order valence-corrected chi connectivity index (χ3v) is 3.18. The van der Waals surface area contributed by atoms with Crippen LogP contribution in [0.3, 0.4) is 0 Å². The van der Waals surface area contributed by atoms with E-state index in [2.05, 4.69) is 20.9 Å². The molecule has 0 atom stereocenters. The smallest absolute Gasteiger partial charge is 0.318 e. The van der Waals surface area contributed by atoms with Gasteiger partial charge >= 0.3 is 5.56 Å². The molecule has 0 saturated heterocycles. The van der Waals surface area contributed by atoms with E-state index >= 15 is 0 Å². The van der Waals surface area contributed by atoms with Gasteiger partial charge in [-0.1, -0.05) is 18.2 Å². The molecule has 0 radical (unpaired) electrons. The van der Waals surface area contributed by atoms with Gasteiger partial charge in [0.25, 0.3) is 5.88 Å². The Hall–Kier alpha value is -1.62. The molecule has 0 spiro atoms. The Morgan fingerprint density at radius 1 is 1.29 bits per heavy atom. The van der Waals surface area contributed by atoms with Crippen molar-refractivity contribution < 1.29 is 4.74 Å². The number of rotatable bonds is 2. The Balaban J connectivity index is 2.77. The SMILES string of the molecule is COc1nc(Br)c(C)n(-c2ccccc2)c1=O. The first-order chi connectivity index (χ1) is 8.15. The molecule has 0 bridgehead atoms. The van der Waals surface area contributed by atoms with Gasteiger partial charge < -0.3 is 4.74 Å². The molecular weight excluding hydrogens is 284 g/mol. The van der Waals surface area contributed by atoms with Crippen LogP contribution in [0.2, 0.25) is 0 Å². The molecule has 4 nitrogen and oxygen atoms in total. The van der Waals surface area contributed by atoms with Crippen LogP contribution in [0.25, 0.3) is 5.69 Å². The van der Waals surface area contributed by atoms with Gasteiger partial charge in [0.05, 0.1) is 12.8 Å². The molecule has 0 unspecified atom stereocenters. The van der Waals surface area contributed by atoms with Crippen LogP contribution in [-0.4, -0.2) is 16.7 Å². The van der Waals surface area contributed by atoms with Crippen molar-refractivity contribution in [3.63, 3.8) is 0 Å². The van der Waals surface area contributed by atoms with Crippen molar-refractivity contribution in [2.24, 2.45) is 0 Å². The van der Waals surface area contributed by atoms with Gasteiger partial charge in [-0.2, -0.15) is 4.98 Å². The molecular formula is C12H11BrN2O2. The summed E-state index contributed by atoms with van der Waals surface area (Å²) >= 11 is 3.32. The van der Waals surface area contributed by atoms with E-state index in [0.717, 1.165) is 11.4 Å². The van der Waals surface area contributed by atoms with Crippen LogP contribution in [0.4, 0.5) is 0 Å². The maximum Gasteiger partial charge on any atom is 0.318 e. The maximum atomic E-state index is 12.1. The fourth-order valence-electron chi connectivity index (χ4n) is 1.58. The summed E-state index contributed by atoms with van der Waals surface area (Å²) in [7, 11) is 1.43. The fraction of sp³-hybridized carbons (Fsp3) is 0.167. The zero-order chi connectivity index (χ0) is 12.4. The van der Waals surface area contributed by atoms with E-state index in [0.29, 0.717) is 4.60 Å². The van der Waals surface area contributed by atoms with E-state index in [1.54, 1.807) is 4.57 Å². The number of nitrogens with zero attached hydrogens (tertiary/aromatic N) is 2. The zero-order valence-electron chi connectivity index (χ0n) is 9.48. The summed E-state index contributed by atoms with van der Waals surface area (Å²) in [5, 5.41) is 0. The van der Waals surface area contributed by atoms with Crippen LogP contribution in [0, 0.1) is 6.92 Å². The lowest BCUT2D eigenvalue weighted by atomic mass is 10.3. The van der Waals surface area contributed by atoms with Crippen LogP contribution in [-0.2, 0) is 0 Å². The molecule has 2 aromatic rings. The normalized spacial score (nSPS) is 10.3. The second-order valence-corrected chi connectivity index (χ2v) is 4.22. The van der Waals surface area contributed by atoms with Gasteiger partial charge in [0, 0.05) is 5.69 Å². The Morgan fingerprint density at radius 3 is 2.53 bits per heavy atom. The lowest BCUT2D eigenvalue weighted by molar-refractivity contribution is 0.386. The molecule has 0 amide bonds. The third kappa shape index (κ3) is 2.10. The summed E-state index contributed by atoms with van der Waals surface area (Å²) in [6.07, 6.45) is 0. The maximum absolute atomic E-state index is 12.1. The standard InChI is InChI=1S/C12H11BrN2O2/c1-8-10(13)14-11(17-2)12(16)15(8)9-6-4-3-5-7-9/h3-7H,1-2H3. The average molecular weight is 295 g/mol. The quantitative estimate of drug-likeness (QED) is 0.854. The number of ether oxygens (including phenoxy) is 1. The van der Waals surface area contributed by atoms with Crippen molar-refractivity contribution >= 4 is 15.9 Å². The van der Waals surface area contributed by atoms with Crippen molar-refractivity contribution in [1.29, 1.82) is 0 Å². The highest BCUT2D eigenvalue weighted by Crippen LogP contribution is 2.17. The number of aromatic nitrogens is 2. The molecule has 2 rings (SSSR count). The second-order valence-electron chi connectivity index (χ2n) is 3.47. The van der Waals surface area contributed by atoms with Crippen molar-refractivity contribution in [3.05, 3.63) is 51.0 Å². The molecule has 88 valence electrons. The van der Waals surface area contributed by atoms with Crippen LogP contribution in [0.15, 0.2) is 39.7 Å². The topological polar surface area (TPSA) is 44.1 Å². The van der Waals surface area contributed by atoms with E-state index in [9.17, 15) is 4.79 Å². The van der Waals surface area contributed by atoms with Crippen LogP contribution in [0.1, 0.15) is 5.69 Å². The Bertz CT molecular complexity index is 593. The molecule has 5 heteroatoms. The zero-order valence-corrected chi connectivity index (χ0v) is 11.1. The lowest BCUT2D eigenvalue weighted by Crippen LogP contribution is -2.23. The lowest BCUT2D eigenvalue weighted by Gasteiger charge is -2.12. The average Bonchev–Trinajstić information content (AvgIpc) is 2.35. The Morgan fingerprint density at radius 2 is 1.94 bits per heavy atom. The highest BCUT2D eigenvalue weighted by Gasteiger charge is 2.13. The van der Waals surface area contributed by atoms with Crippen molar-refractivity contribution in [2.45, 2.75) is 6.92 Å². The monoisotopic (exact) mass is 294 g/mol. The number of benzene rings is 1. The van der Waals surface area contributed by atoms with Crippen molar-refractivity contribution in [3.8, 4) is 11.6 Å². The second kappa shape index (κ2) is 4.71. The molecule has 0 aliphatic rings. The van der Waals surface area contributed by atoms with Gasteiger partial charge in [0.1, 0.15) is 4.60 Å². The number of hydrogen-bond acceptors (Lipinski definition) is 3. The summed E-state index contributed by atoms with van der Waals surface area (Å²) in [6, 6.07) is 9.38. The van der Waals surface area contributed by atoms with Gasteiger partial charge in [0.2, 0.25) is 0 Å². The fourth-order valence-corrected chi connectivity index (χ4v) is 1.92. The van der Waals surface area contributed by atoms with Gasteiger partial charge in [0.15, 0.2) is 0 Å². The summed E-state index contributed by atoms with van der Waals surface area (Å²) < 4.78 is 7.13. The van der Waals surface area contributed by atoms with Gasteiger partial charge in [-0.3, -0.25) is 9.36 Å². The summed E-state index contributed by atoms with van der Waals surface area (Å²) in [5.74, 6) is 0.0753. The molecule has 1 aromatic heterocycles. The van der Waals surface area contributed by atoms with Gasteiger partial charge in [-0.05, 0) is 35.0 Å². The molecule has 0 N–H and O–H groups in total. The molecule has 0 aliphatic heterocycles. The molecule has 1 heterocycles. The number of halogens is 1. The summed E-state index contributed by atoms with van der Waals surface area (Å²) in [5.41, 5.74) is 1.26. The summed E-state index contributed by atoms with van der Waals surface area (Å²) in [6.45, 7) is 1.82. The predicted octanol–water partition coefficient (Wildman–Crippen LogP) is 2.31. The van der Waals surface area contributed by atoms with E-state index in [1.807, 2.05) is 37.3 Å². The highest BCUT2D eigenvalue weighted by atomic mass is 79.9. The number of hydrogen-bond donors (Lipinski definition) is 0. The minimum atomic E-state index is -0.264. The molecule has 0 saturated carbocycles. The first-order valence-corrected chi connectivity index (χ1v) is 5.83. The minimum Gasteiger partial charge on any atom is -0.477 e. The molecule has 17 heavy (non-hydrogen) atoms. The predicted molar refractivity (Wildman–Crippen MR) is 68.8 cm³/mol. The van der Waals surface area contributed by atoms with Crippen molar-refractivity contribution in [2.75, 3.05) is 7.11 Å². The van der Waals surface area contributed by atoms with Gasteiger partial charge in [-0.25, -0.2) is 0 Å². The van der Waals surface area contributed by atoms with E-state index in [-0.39, 0.29) is 11.4 Å². The number of para-hydroxylation sites is 1. The Labute approximate surface area is 107 Å². The number of methoxy groups -OCH3 is 1. The molecule has 0 fully saturated rings. The van der Waals surface area contributed by atoms with Crippen LogP contribution >= 0.6 is 15.9 Å². The summed E-state index contributed by atoms with van der Waals surface area (Å²) in [4.78, 5) is 16.2. The van der Waals surface area contributed by atoms with Gasteiger partial charge in [-0.15, -0.1) is 0 Å². The largest absolute Gasteiger partial charge is 0.477 e. The molecule has 1 aromatic carbocycles. The highest BCUT2D eigenvalue weighted by molar-refractivity contribution is 9.10. The van der Waals surface area contributed by atoms with E-state index < -0.39 is 0 Å². The third-order valence-electron chi connectivity index (χ3n) is 2.43. The van der Waals surface area contributed by atoms with E-state index in [4.69, 9.17) is 4.74 Å². The first kappa shape index (κ1) is 11.9. The van der Waals surface area contributed by atoms with Crippen LogP contribution < -0.4 is 10.3 Å².